The SMILES string of the molecule is NC(=O)C(C=CC1=C(O)C2CCCCC2C1=O)=CC=C1C(=O)C2CCCCC2C1=O. The first-order valence-electron chi connectivity index (χ1n) is 10.9. The van der Waals surface area contributed by atoms with Gasteiger partial charge in [-0.15, -0.1) is 0 Å². The predicted molar refractivity (Wildman–Crippen MR) is 110 cm³/mol. The van der Waals surface area contributed by atoms with Crippen molar-refractivity contribution in [3.8, 4) is 0 Å². The summed E-state index contributed by atoms with van der Waals surface area (Å²) in [6.07, 6.45) is 12.5. The lowest BCUT2D eigenvalue weighted by atomic mass is 9.80. The van der Waals surface area contributed by atoms with Gasteiger partial charge in [-0.05, 0) is 50.0 Å². The van der Waals surface area contributed by atoms with E-state index >= 15 is 0 Å². The van der Waals surface area contributed by atoms with Gasteiger partial charge in [-0.1, -0.05) is 25.7 Å². The molecular weight excluding hydrogens is 382 g/mol. The van der Waals surface area contributed by atoms with E-state index in [-0.39, 0.29) is 63.5 Å². The number of carbonyl (C=O) groups excluding carboxylic acids is 4. The van der Waals surface area contributed by atoms with E-state index in [0.717, 1.165) is 51.4 Å². The highest BCUT2D eigenvalue weighted by molar-refractivity contribution is 6.27. The van der Waals surface area contributed by atoms with Crippen LogP contribution in [-0.4, -0.2) is 28.4 Å². The van der Waals surface area contributed by atoms with Crippen LogP contribution in [0.4, 0.5) is 0 Å². The molecule has 3 fully saturated rings. The Morgan fingerprint density at radius 2 is 1.33 bits per heavy atom. The van der Waals surface area contributed by atoms with Crippen LogP contribution < -0.4 is 5.73 Å². The van der Waals surface area contributed by atoms with Gasteiger partial charge >= 0.3 is 0 Å². The molecule has 0 aromatic carbocycles. The smallest absolute Gasteiger partial charge is 0.248 e. The number of nitrogens with two attached hydrogens (primary N) is 1. The first-order chi connectivity index (χ1) is 14.4. The van der Waals surface area contributed by atoms with Crippen molar-refractivity contribution in [3.63, 3.8) is 0 Å². The van der Waals surface area contributed by atoms with Gasteiger partial charge in [-0.2, -0.15) is 0 Å². The number of carbonyl (C=O) groups is 4. The highest BCUT2D eigenvalue weighted by Gasteiger charge is 2.46. The maximum Gasteiger partial charge on any atom is 0.248 e. The van der Waals surface area contributed by atoms with E-state index in [1.54, 1.807) is 0 Å². The summed E-state index contributed by atoms with van der Waals surface area (Å²) in [4.78, 5) is 49.7. The molecular formula is C24H27NO5. The molecule has 6 heteroatoms. The molecule has 3 N–H and O–H groups in total. The summed E-state index contributed by atoms with van der Waals surface area (Å²) in [5, 5.41) is 10.5. The van der Waals surface area contributed by atoms with Crippen molar-refractivity contribution in [1.29, 1.82) is 0 Å². The number of allylic oxidation sites excluding steroid dienone is 6. The van der Waals surface area contributed by atoms with Crippen LogP contribution in [0, 0.1) is 23.7 Å². The molecule has 4 atom stereocenters. The normalized spacial score (nSPS) is 32.1. The first-order valence-corrected chi connectivity index (χ1v) is 10.9. The molecule has 0 spiro atoms. The molecule has 0 aromatic heterocycles. The fourth-order valence-electron chi connectivity index (χ4n) is 5.47. The number of aliphatic hydroxyl groups is 1. The van der Waals surface area contributed by atoms with E-state index in [4.69, 9.17) is 5.73 Å². The third-order valence-corrected chi connectivity index (χ3v) is 7.11. The number of Topliss-reactive ketones (excluding diaryl/α,β-unsaturated/α-hetero) is 3. The third-order valence-electron chi connectivity index (χ3n) is 7.11. The number of hydrogen-bond acceptors (Lipinski definition) is 5. The van der Waals surface area contributed by atoms with Crippen LogP contribution in [-0.2, 0) is 19.2 Å². The molecule has 4 rings (SSSR count). The molecule has 0 saturated heterocycles. The molecule has 0 radical (unpaired) electrons. The quantitative estimate of drug-likeness (QED) is 0.421. The van der Waals surface area contributed by atoms with Gasteiger partial charge < -0.3 is 10.8 Å². The van der Waals surface area contributed by atoms with Gasteiger partial charge in [-0.3, -0.25) is 19.2 Å². The van der Waals surface area contributed by atoms with Crippen LogP contribution in [0.5, 0.6) is 0 Å². The lowest BCUT2D eigenvalue weighted by Gasteiger charge is -2.23. The van der Waals surface area contributed by atoms with Crippen molar-refractivity contribution in [2.24, 2.45) is 29.4 Å². The average Bonchev–Trinajstić information content (AvgIpc) is 3.14. The van der Waals surface area contributed by atoms with Crippen molar-refractivity contribution in [3.05, 3.63) is 46.8 Å². The Morgan fingerprint density at radius 3 is 1.83 bits per heavy atom. The van der Waals surface area contributed by atoms with Crippen LogP contribution in [0.2, 0.25) is 0 Å². The topological polar surface area (TPSA) is 115 Å². The lowest BCUT2D eigenvalue weighted by Crippen LogP contribution is -2.21. The summed E-state index contributed by atoms with van der Waals surface area (Å²) in [6, 6.07) is 0. The number of rotatable bonds is 4. The number of fused-ring (bicyclic) bond motifs is 2. The van der Waals surface area contributed by atoms with Crippen molar-refractivity contribution >= 4 is 23.3 Å². The van der Waals surface area contributed by atoms with Gasteiger partial charge in [-0.25, -0.2) is 0 Å². The largest absolute Gasteiger partial charge is 0.511 e. The molecule has 4 aliphatic rings. The van der Waals surface area contributed by atoms with Gasteiger partial charge in [0.2, 0.25) is 5.91 Å². The minimum Gasteiger partial charge on any atom is -0.511 e. The second-order valence-corrected chi connectivity index (χ2v) is 8.79. The van der Waals surface area contributed by atoms with Crippen LogP contribution in [0.15, 0.2) is 46.8 Å². The zero-order valence-electron chi connectivity index (χ0n) is 16.9. The van der Waals surface area contributed by atoms with Crippen molar-refractivity contribution in [2.75, 3.05) is 0 Å². The van der Waals surface area contributed by atoms with E-state index in [0.29, 0.717) is 0 Å². The maximum atomic E-state index is 12.6. The summed E-state index contributed by atoms with van der Waals surface area (Å²) in [6.45, 7) is 0. The Balaban J connectivity index is 1.58. The molecule has 0 heterocycles. The Hall–Kier alpha value is -2.76. The van der Waals surface area contributed by atoms with Gasteiger partial charge in [0, 0.05) is 29.2 Å². The minimum absolute atomic E-state index is 0.0703. The van der Waals surface area contributed by atoms with Gasteiger partial charge in [0.15, 0.2) is 17.3 Å². The van der Waals surface area contributed by atoms with E-state index in [1.807, 2.05) is 0 Å². The number of amides is 1. The highest BCUT2D eigenvalue weighted by Crippen LogP contribution is 2.43. The Bertz CT molecular complexity index is 909. The van der Waals surface area contributed by atoms with Crippen molar-refractivity contribution in [1.82, 2.24) is 0 Å². The Morgan fingerprint density at radius 1 is 0.833 bits per heavy atom. The number of hydrogen-bond donors (Lipinski definition) is 2. The van der Waals surface area contributed by atoms with E-state index in [1.165, 1.54) is 24.3 Å². The summed E-state index contributed by atoms with van der Waals surface area (Å²) in [5.74, 6) is -1.83. The molecule has 4 unspecified atom stereocenters. The van der Waals surface area contributed by atoms with Crippen LogP contribution >= 0.6 is 0 Å². The predicted octanol–water partition coefficient (Wildman–Crippen LogP) is 3.04. The van der Waals surface area contributed by atoms with Crippen molar-refractivity contribution < 1.29 is 24.3 Å². The lowest BCUT2D eigenvalue weighted by molar-refractivity contribution is -0.120. The van der Waals surface area contributed by atoms with E-state index < -0.39 is 5.91 Å². The first kappa shape index (κ1) is 20.5. The molecule has 0 aromatic rings. The average molecular weight is 409 g/mol. The Kier molecular flexibility index (Phi) is 5.58. The van der Waals surface area contributed by atoms with E-state index in [9.17, 15) is 24.3 Å². The molecule has 30 heavy (non-hydrogen) atoms. The Labute approximate surface area is 175 Å². The number of aliphatic hydroxyl groups excluding tert-OH is 1. The summed E-state index contributed by atoms with van der Waals surface area (Å²) in [7, 11) is 0. The summed E-state index contributed by atoms with van der Waals surface area (Å²) >= 11 is 0. The van der Waals surface area contributed by atoms with Gasteiger partial charge in [0.05, 0.1) is 11.1 Å². The molecule has 158 valence electrons. The summed E-state index contributed by atoms with van der Waals surface area (Å²) < 4.78 is 0. The van der Waals surface area contributed by atoms with Crippen LogP contribution in [0.25, 0.3) is 0 Å². The molecule has 0 bridgehead atoms. The number of primary amides is 1. The third kappa shape index (κ3) is 3.48. The molecule has 1 amide bonds. The second-order valence-electron chi connectivity index (χ2n) is 8.79. The van der Waals surface area contributed by atoms with Gasteiger partial charge in [0.25, 0.3) is 0 Å². The fraction of sp³-hybridized carbons (Fsp3) is 0.500. The zero-order chi connectivity index (χ0) is 21.4. The summed E-state index contributed by atoms with van der Waals surface area (Å²) in [5.41, 5.74) is 5.88. The molecule has 6 nitrogen and oxygen atoms in total. The molecule has 3 saturated carbocycles. The second kappa shape index (κ2) is 8.17. The van der Waals surface area contributed by atoms with Crippen molar-refractivity contribution in [2.45, 2.75) is 51.4 Å². The van der Waals surface area contributed by atoms with Crippen LogP contribution in [0.1, 0.15) is 51.4 Å². The fourth-order valence-corrected chi connectivity index (χ4v) is 5.47. The van der Waals surface area contributed by atoms with E-state index in [2.05, 4.69) is 0 Å². The molecule has 0 aliphatic heterocycles. The maximum absolute atomic E-state index is 12.6. The molecule has 4 aliphatic carbocycles. The highest BCUT2D eigenvalue weighted by atomic mass is 16.3. The monoisotopic (exact) mass is 409 g/mol. The standard InChI is InChI=1S/C24H27NO5/c25-24(30)13(9-11-18-20(26)14-5-1-2-6-15(14)21(18)27)10-12-19-22(28)16-7-3-4-8-17(16)23(19)29/h9-12,14-17,26H,1-8H2,(H2,25,30). The van der Waals surface area contributed by atoms with Gasteiger partial charge in [0.1, 0.15) is 5.76 Å². The zero-order valence-corrected chi connectivity index (χ0v) is 16.9. The number of ketones is 3. The van der Waals surface area contributed by atoms with Crippen LogP contribution in [0.3, 0.4) is 0 Å². The minimum atomic E-state index is -0.735.